The van der Waals surface area contributed by atoms with Gasteiger partial charge in [0.05, 0.1) is 7.11 Å². The summed E-state index contributed by atoms with van der Waals surface area (Å²) >= 11 is 1.98. The van der Waals surface area contributed by atoms with Crippen LogP contribution in [0.15, 0.2) is 18.2 Å². The summed E-state index contributed by atoms with van der Waals surface area (Å²) in [4.78, 5) is 0. The Bertz CT molecular complexity index is 380. The molecule has 0 atom stereocenters. The molecule has 0 bridgehead atoms. The molecule has 0 radical (unpaired) electrons. The minimum atomic E-state index is 0.275. The quantitative estimate of drug-likeness (QED) is 0.804. The van der Waals surface area contributed by atoms with E-state index in [1.807, 2.05) is 30.0 Å². The topological polar surface area (TPSA) is 50.7 Å². The van der Waals surface area contributed by atoms with Crippen LogP contribution in [0.5, 0.6) is 11.5 Å². The van der Waals surface area contributed by atoms with E-state index in [1.54, 1.807) is 7.11 Å². The van der Waals surface area contributed by atoms with E-state index in [-0.39, 0.29) is 6.10 Å². The molecule has 1 aromatic rings. The Hall–Kier alpha value is -0.910. The monoisotopic (exact) mass is 269 g/mol. The fraction of sp³-hybridized carbons (Fsp3) is 0.538. The molecule has 1 aliphatic rings. The highest BCUT2D eigenvalue weighted by Crippen LogP contribution is 2.33. The number of rotatable bonds is 5. The third-order valence-corrected chi connectivity index (χ3v) is 4.04. The first kappa shape index (κ1) is 13.5. The lowest BCUT2D eigenvalue weighted by molar-refractivity contribution is 0.158. The third kappa shape index (κ3) is 3.31. The average molecular weight is 269 g/mol. The highest BCUT2D eigenvalue weighted by Gasteiger charge is 2.18. The maximum absolute atomic E-state index is 8.80. The standard InChI is InChI=1S/C13H19NO3S/c1-16-13-10(9-14-15)3-2-4-12(13)17-11-5-7-18-8-6-11/h2-4,11,14-15H,5-9H2,1H3. The van der Waals surface area contributed by atoms with Crippen molar-refractivity contribution in [3.8, 4) is 11.5 Å². The molecule has 18 heavy (non-hydrogen) atoms. The lowest BCUT2D eigenvalue weighted by Gasteiger charge is -2.24. The zero-order valence-electron chi connectivity index (χ0n) is 10.5. The summed E-state index contributed by atoms with van der Waals surface area (Å²) in [5.41, 5.74) is 3.04. The second kappa shape index (κ2) is 6.87. The summed E-state index contributed by atoms with van der Waals surface area (Å²) in [5.74, 6) is 3.79. The fourth-order valence-corrected chi connectivity index (χ4v) is 3.15. The normalized spacial score (nSPS) is 16.6. The molecule has 1 heterocycles. The van der Waals surface area contributed by atoms with Gasteiger partial charge in [0, 0.05) is 12.1 Å². The minimum Gasteiger partial charge on any atom is -0.493 e. The van der Waals surface area contributed by atoms with Crippen LogP contribution in [0.25, 0.3) is 0 Å². The zero-order valence-corrected chi connectivity index (χ0v) is 11.3. The van der Waals surface area contributed by atoms with Gasteiger partial charge in [-0.3, -0.25) is 0 Å². The number of thioether (sulfide) groups is 1. The van der Waals surface area contributed by atoms with E-state index in [2.05, 4.69) is 5.48 Å². The van der Waals surface area contributed by atoms with Crippen LogP contribution >= 0.6 is 11.8 Å². The molecule has 0 aliphatic carbocycles. The Morgan fingerprint density at radius 1 is 1.39 bits per heavy atom. The van der Waals surface area contributed by atoms with E-state index >= 15 is 0 Å². The Kier molecular flexibility index (Phi) is 5.16. The molecular formula is C13H19NO3S. The van der Waals surface area contributed by atoms with Crippen molar-refractivity contribution in [3.63, 3.8) is 0 Å². The molecule has 2 rings (SSSR count). The maximum Gasteiger partial charge on any atom is 0.165 e. The van der Waals surface area contributed by atoms with Crippen molar-refractivity contribution in [2.45, 2.75) is 25.5 Å². The third-order valence-electron chi connectivity index (χ3n) is 3.00. The van der Waals surface area contributed by atoms with Crippen LogP contribution in [0.3, 0.4) is 0 Å². The number of hydroxylamine groups is 1. The predicted molar refractivity (Wildman–Crippen MR) is 72.6 cm³/mol. The van der Waals surface area contributed by atoms with Gasteiger partial charge in [0.1, 0.15) is 6.10 Å². The SMILES string of the molecule is COc1c(CNO)cccc1OC1CCSCC1. The Morgan fingerprint density at radius 3 is 2.83 bits per heavy atom. The Balaban J connectivity index is 2.12. The van der Waals surface area contributed by atoms with Crippen molar-refractivity contribution in [1.29, 1.82) is 0 Å². The largest absolute Gasteiger partial charge is 0.493 e. The van der Waals surface area contributed by atoms with Crippen LogP contribution in [-0.2, 0) is 6.54 Å². The molecule has 4 nitrogen and oxygen atoms in total. The Morgan fingerprint density at radius 2 is 2.17 bits per heavy atom. The van der Waals surface area contributed by atoms with Gasteiger partial charge in [-0.05, 0) is 30.4 Å². The summed E-state index contributed by atoms with van der Waals surface area (Å²) in [6.07, 6.45) is 2.43. The summed E-state index contributed by atoms with van der Waals surface area (Å²) in [6.45, 7) is 0.348. The summed E-state index contributed by atoms with van der Waals surface area (Å²) in [6, 6.07) is 5.75. The van der Waals surface area contributed by atoms with Gasteiger partial charge in [0.25, 0.3) is 0 Å². The molecule has 1 aliphatic heterocycles. The minimum absolute atomic E-state index is 0.275. The van der Waals surface area contributed by atoms with Crippen LogP contribution in [0, 0.1) is 0 Å². The molecule has 1 saturated heterocycles. The van der Waals surface area contributed by atoms with E-state index in [9.17, 15) is 0 Å². The van der Waals surface area contributed by atoms with Crippen molar-refractivity contribution in [1.82, 2.24) is 5.48 Å². The van der Waals surface area contributed by atoms with Crippen LogP contribution in [0.1, 0.15) is 18.4 Å². The lowest BCUT2D eigenvalue weighted by atomic mass is 10.1. The number of methoxy groups -OCH3 is 1. The predicted octanol–water partition coefficient (Wildman–Crippen LogP) is 2.45. The van der Waals surface area contributed by atoms with Gasteiger partial charge in [0.15, 0.2) is 11.5 Å². The molecule has 100 valence electrons. The van der Waals surface area contributed by atoms with Crippen LogP contribution < -0.4 is 15.0 Å². The number of hydrogen-bond acceptors (Lipinski definition) is 5. The number of para-hydroxylation sites is 1. The van der Waals surface area contributed by atoms with Gasteiger partial charge >= 0.3 is 0 Å². The first-order chi connectivity index (χ1) is 8.85. The van der Waals surface area contributed by atoms with Crippen molar-refractivity contribution < 1.29 is 14.7 Å². The van der Waals surface area contributed by atoms with Crippen LogP contribution in [0.4, 0.5) is 0 Å². The van der Waals surface area contributed by atoms with Gasteiger partial charge in [-0.1, -0.05) is 12.1 Å². The highest BCUT2D eigenvalue weighted by atomic mass is 32.2. The van der Waals surface area contributed by atoms with Gasteiger partial charge in [-0.2, -0.15) is 11.8 Å². The summed E-state index contributed by atoms with van der Waals surface area (Å²) in [5, 5.41) is 8.80. The lowest BCUT2D eigenvalue weighted by Crippen LogP contribution is -2.22. The van der Waals surface area contributed by atoms with Crippen LogP contribution in [0.2, 0.25) is 0 Å². The molecule has 0 aromatic heterocycles. The van der Waals surface area contributed by atoms with Crippen molar-refractivity contribution in [2.24, 2.45) is 0 Å². The molecule has 5 heteroatoms. The molecule has 0 amide bonds. The van der Waals surface area contributed by atoms with Gasteiger partial charge in [0.2, 0.25) is 0 Å². The fourth-order valence-electron chi connectivity index (χ4n) is 2.08. The maximum atomic E-state index is 8.80. The van der Waals surface area contributed by atoms with E-state index in [0.717, 1.165) is 35.7 Å². The molecular weight excluding hydrogens is 250 g/mol. The zero-order chi connectivity index (χ0) is 12.8. The van der Waals surface area contributed by atoms with Crippen molar-refractivity contribution in [3.05, 3.63) is 23.8 Å². The van der Waals surface area contributed by atoms with E-state index < -0.39 is 0 Å². The van der Waals surface area contributed by atoms with Crippen molar-refractivity contribution >= 4 is 11.8 Å². The van der Waals surface area contributed by atoms with Gasteiger partial charge < -0.3 is 14.7 Å². The molecule has 0 spiro atoms. The van der Waals surface area contributed by atoms with E-state index in [4.69, 9.17) is 14.7 Å². The van der Waals surface area contributed by atoms with Crippen LogP contribution in [-0.4, -0.2) is 29.9 Å². The Labute approximate surface area is 112 Å². The molecule has 1 fully saturated rings. The van der Waals surface area contributed by atoms with Crippen molar-refractivity contribution in [2.75, 3.05) is 18.6 Å². The molecule has 0 unspecified atom stereocenters. The smallest absolute Gasteiger partial charge is 0.165 e. The second-order valence-electron chi connectivity index (χ2n) is 4.21. The number of ether oxygens (including phenoxy) is 2. The van der Waals surface area contributed by atoms with Gasteiger partial charge in [-0.25, -0.2) is 5.48 Å². The summed E-state index contributed by atoms with van der Waals surface area (Å²) in [7, 11) is 1.62. The first-order valence-electron chi connectivity index (χ1n) is 6.12. The van der Waals surface area contributed by atoms with E-state index in [1.165, 1.54) is 0 Å². The second-order valence-corrected chi connectivity index (χ2v) is 5.44. The number of benzene rings is 1. The van der Waals surface area contributed by atoms with Gasteiger partial charge in [-0.15, -0.1) is 0 Å². The first-order valence-corrected chi connectivity index (χ1v) is 7.28. The number of hydrogen-bond donors (Lipinski definition) is 2. The molecule has 0 saturated carbocycles. The average Bonchev–Trinajstić information content (AvgIpc) is 2.41. The highest BCUT2D eigenvalue weighted by molar-refractivity contribution is 7.99. The summed E-state index contributed by atoms with van der Waals surface area (Å²) < 4.78 is 11.4. The van der Waals surface area contributed by atoms with E-state index in [0.29, 0.717) is 12.3 Å². The molecule has 2 N–H and O–H groups in total. The molecule has 1 aromatic carbocycles. The number of nitrogens with one attached hydrogen (secondary N) is 1.